The first kappa shape index (κ1) is 24.7. The lowest BCUT2D eigenvalue weighted by Crippen LogP contribution is -2.46. The molecular formula is C30H32N2O2S. The molecule has 4 nitrogen and oxygen atoms in total. The van der Waals surface area contributed by atoms with Crippen LogP contribution in [0.25, 0.3) is 10.8 Å². The van der Waals surface area contributed by atoms with E-state index in [1.54, 1.807) is 16.2 Å². The summed E-state index contributed by atoms with van der Waals surface area (Å²) in [5.74, 6) is -0.146. The predicted octanol–water partition coefficient (Wildman–Crippen LogP) is 6.68. The van der Waals surface area contributed by atoms with E-state index in [2.05, 4.69) is 25.3 Å². The summed E-state index contributed by atoms with van der Waals surface area (Å²) in [5.41, 5.74) is 2.90. The Hall–Kier alpha value is -3.44. The molecule has 3 aromatic carbocycles. The van der Waals surface area contributed by atoms with Crippen molar-refractivity contribution in [3.8, 4) is 0 Å². The highest BCUT2D eigenvalue weighted by Crippen LogP contribution is 2.23. The topological polar surface area (TPSA) is 40.6 Å². The fraction of sp³-hybridized carbons (Fsp3) is 0.267. The van der Waals surface area contributed by atoms with Crippen molar-refractivity contribution in [2.45, 2.75) is 46.3 Å². The van der Waals surface area contributed by atoms with Gasteiger partial charge in [-0.05, 0) is 59.7 Å². The van der Waals surface area contributed by atoms with Crippen LogP contribution in [0.2, 0.25) is 0 Å². The number of aryl methyl sites for hydroxylation is 1. The molecule has 4 aromatic rings. The van der Waals surface area contributed by atoms with Gasteiger partial charge in [-0.3, -0.25) is 9.59 Å². The lowest BCUT2D eigenvalue weighted by Gasteiger charge is -2.31. The van der Waals surface area contributed by atoms with Gasteiger partial charge in [0, 0.05) is 23.0 Å². The number of benzene rings is 3. The molecule has 35 heavy (non-hydrogen) atoms. The highest BCUT2D eigenvalue weighted by molar-refractivity contribution is 7.10. The molecule has 0 aliphatic rings. The summed E-state index contributed by atoms with van der Waals surface area (Å²) in [6.45, 7) is 7.24. The second-order valence-corrected chi connectivity index (χ2v) is 9.98. The van der Waals surface area contributed by atoms with Gasteiger partial charge in [-0.2, -0.15) is 0 Å². The third-order valence-corrected chi connectivity index (χ3v) is 7.59. The zero-order chi connectivity index (χ0) is 24.8. The minimum atomic E-state index is -0.100. The van der Waals surface area contributed by atoms with Crippen LogP contribution >= 0.6 is 11.3 Å². The second-order valence-electron chi connectivity index (χ2n) is 8.98. The van der Waals surface area contributed by atoms with Gasteiger partial charge < -0.3 is 9.80 Å². The molecule has 0 radical (unpaired) electrons. The molecular weight excluding hydrogens is 452 g/mol. The first-order chi connectivity index (χ1) is 17.0. The summed E-state index contributed by atoms with van der Waals surface area (Å²) in [4.78, 5) is 32.3. The Morgan fingerprint density at radius 1 is 0.886 bits per heavy atom. The van der Waals surface area contributed by atoms with E-state index in [0.29, 0.717) is 18.7 Å². The highest BCUT2D eigenvalue weighted by atomic mass is 32.1. The van der Waals surface area contributed by atoms with Crippen molar-refractivity contribution in [2.75, 3.05) is 6.54 Å². The summed E-state index contributed by atoms with van der Waals surface area (Å²) in [6, 6.07) is 25.7. The molecule has 0 spiro atoms. The number of carbonyl (C=O) groups excluding carboxylic acids is 2. The van der Waals surface area contributed by atoms with Crippen molar-refractivity contribution in [2.24, 2.45) is 0 Å². The van der Waals surface area contributed by atoms with Gasteiger partial charge in [0.2, 0.25) is 5.91 Å². The van der Waals surface area contributed by atoms with Gasteiger partial charge in [0.05, 0.1) is 6.54 Å². The van der Waals surface area contributed by atoms with Crippen molar-refractivity contribution in [1.29, 1.82) is 0 Å². The second kappa shape index (κ2) is 11.3. The Morgan fingerprint density at radius 2 is 1.60 bits per heavy atom. The van der Waals surface area contributed by atoms with E-state index in [-0.39, 0.29) is 24.4 Å². The van der Waals surface area contributed by atoms with E-state index in [4.69, 9.17) is 0 Å². The van der Waals surface area contributed by atoms with Gasteiger partial charge in [0.15, 0.2) is 0 Å². The van der Waals surface area contributed by atoms with E-state index in [0.717, 1.165) is 22.8 Å². The maximum atomic E-state index is 13.8. The minimum Gasteiger partial charge on any atom is -0.332 e. The number of thiophene rings is 1. The standard InChI is InChI=1S/C30H32N2O2S/c1-4-23(3)32(30(34)27-16-10-14-25-13-8-9-15-26(25)27)21-29(33)31(19-24-11-6-5-7-12-24)20-28-22(2)17-18-35-28/h5-18,23H,4,19-21H2,1-3H3. The third kappa shape index (κ3) is 5.80. The number of amides is 2. The number of hydrogen-bond donors (Lipinski definition) is 0. The van der Waals surface area contributed by atoms with Crippen LogP contribution in [0.5, 0.6) is 0 Å². The van der Waals surface area contributed by atoms with Gasteiger partial charge >= 0.3 is 0 Å². The Balaban J connectivity index is 1.63. The Morgan fingerprint density at radius 3 is 2.31 bits per heavy atom. The summed E-state index contributed by atoms with van der Waals surface area (Å²) < 4.78 is 0. The normalized spacial score (nSPS) is 11.9. The molecule has 2 amide bonds. The summed E-state index contributed by atoms with van der Waals surface area (Å²) in [5, 5.41) is 3.99. The average Bonchev–Trinajstić information content (AvgIpc) is 3.30. The average molecular weight is 485 g/mol. The van der Waals surface area contributed by atoms with E-state index < -0.39 is 0 Å². The molecule has 0 saturated heterocycles. The van der Waals surface area contributed by atoms with Crippen LogP contribution in [0.4, 0.5) is 0 Å². The van der Waals surface area contributed by atoms with E-state index >= 15 is 0 Å². The first-order valence-electron chi connectivity index (χ1n) is 12.1. The molecule has 1 unspecified atom stereocenters. The van der Waals surface area contributed by atoms with Gasteiger partial charge in [0.25, 0.3) is 5.91 Å². The van der Waals surface area contributed by atoms with Gasteiger partial charge in [0.1, 0.15) is 6.54 Å². The Labute approximate surface area is 211 Å². The number of carbonyl (C=O) groups is 2. The van der Waals surface area contributed by atoms with Crippen molar-refractivity contribution >= 4 is 33.9 Å². The molecule has 0 saturated carbocycles. The molecule has 1 heterocycles. The minimum absolute atomic E-state index is 0.0458. The fourth-order valence-corrected chi connectivity index (χ4v) is 5.16. The SMILES string of the molecule is CCC(C)N(CC(=O)N(Cc1ccccc1)Cc1sccc1C)C(=O)c1cccc2ccccc12. The van der Waals surface area contributed by atoms with Crippen LogP contribution in [0.15, 0.2) is 84.2 Å². The number of rotatable bonds is 9. The predicted molar refractivity (Wildman–Crippen MR) is 144 cm³/mol. The van der Waals surface area contributed by atoms with Crippen LogP contribution in [0, 0.1) is 6.92 Å². The molecule has 180 valence electrons. The third-order valence-electron chi connectivity index (χ3n) is 6.58. The molecule has 1 atom stereocenters. The molecule has 1 aromatic heterocycles. The maximum absolute atomic E-state index is 13.8. The van der Waals surface area contributed by atoms with Gasteiger partial charge in [-0.1, -0.05) is 73.7 Å². The molecule has 0 fully saturated rings. The fourth-order valence-electron chi connectivity index (χ4n) is 4.24. The molecule has 4 rings (SSSR count). The molecule has 0 bridgehead atoms. The van der Waals surface area contributed by atoms with Crippen LogP contribution < -0.4 is 0 Å². The quantitative estimate of drug-likeness (QED) is 0.266. The lowest BCUT2D eigenvalue weighted by molar-refractivity contribution is -0.133. The van der Waals surface area contributed by atoms with Crippen LogP contribution in [-0.2, 0) is 17.9 Å². The van der Waals surface area contributed by atoms with Crippen molar-refractivity contribution < 1.29 is 9.59 Å². The van der Waals surface area contributed by atoms with E-state index in [1.165, 1.54) is 10.4 Å². The number of fused-ring (bicyclic) bond motifs is 1. The zero-order valence-corrected chi connectivity index (χ0v) is 21.4. The Kier molecular flexibility index (Phi) is 7.98. The van der Waals surface area contributed by atoms with Crippen molar-refractivity contribution in [3.05, 3.63) is 106 Å². The van der Waals surface area contributed by atoms with Gasteiger partial charge in [-0.15, -0.1) is 11.3 Å². The number of nitrogens with zero attached hydrogens (tertiary/aromatic N) is 2. The maximum Gasteiger partial charge on any atom is 0.255 e. The first-order valence-corrected chi connectivity index (χ1v) is 13.0. The lowest BCUT2D eigenvalue weighted by atomic mass is 10.0. The van der Waals surface area contributed by atoms with Crippen LogP contribution in [0.3, 0.4) is 0 Å². The summed E-state index contributed by atoms with van der Waals surface area (Å²) in [6.07, 6.45) is 0.770. The molecule has 0 N–H and O–H groups in total. The van der Waals surface area contributed by atoms with Gasteiger partial charge in [-0.25, -0.2) is 0 Å². The van der Waals surface area contributed by atoms with Crippen molar-refractivity contribution in [1.82, 2.24) is 9.80 Å². The van der Waals surface area contributed by atoms with E-state index in [1.807, 2.05) is 84.6 Å². The smallest absolute Gasteiger partial charge is 0.255 e. The van der Waals surface area contributed by atoms with Crippen LogP contribution in [0.1, 0.15) is 46.6 Å². The molecule has 0 aliphatic carbocycles. The molecule has 5 heteroatoms. The summed E-state index contributed by atoms with van der Waals surface area (Å²) >= 11 is 1.67. The van der Waals surface area contributed by atoms with E-state index in [9.17, 15) is 9.59 Å². The van der Waals surface area contributed by atoms with Crippen LogP contribution in [-0.4, -0.2) is 34.2 Å². The highest BCUT2D eigenvalue weighted by Gasteiger charge is 2.27. The largest absolute Gasteiger partial charge is 0.332 e. The summed E-state index contributed by atoms with van der Waals surface area (Å²) in [7, 11) is 0. The zero-order valence-electron chi connectivity index (χ0n) is 20.6. The Bertz CT molecular complexity index is 1290. The molecule has 0 aliphatic heterocycles. The number of hydrogen-bond acceptors (Lipinski definition) is 3. The van der Waals surface area contributed by atoms with Crippen molar-refractivity contribution in [3.63, 3.8) is 0 Å². The monoisotopic (exact) mass is 484 g/mol.